The summed E-state index contributed by atoms with van der Waals surface area (Å²) in [7, 11) is 0. The predicted octanol–water partition coefficient (Wildman–Crippen LogP) is 11.1. The van der Waals surface area contributed by atoms with Crippen LogP contribution in [0.1, 0.15) is 18.2 Å². The first-order valence-electron chi connectivity index (χ1n) is 19.0. The van der Waals surface area contributed by atoms with Gasteiger partial charge >= 0.3 is 0 Å². The number of para-hydroxylation sites is 1. The zero-order chi connectivity index (χ0) is 37.0. The molecule has 264 valence electrons. The Labute approximate surface area is 323 Å². The van der Waals surface area contributed by atoms with Gasteiger partial charge in [-0.1, -0.05) is 152 Å². The minimum atomic E-state index is -0.0947. The Kier molecular flexibility index (Phi) is 7.56. The number of aromatic nitrogens is 4. The summed E-state index contributed by atoms with van der Waals surface area (Å²) in [4.78, 5) is 15.2. The van der Waals surface area contributed by atoms with Crippen LogP contribution in [0.25, 0.3) is 95.6 Å². The van der Waals surface area contributed by atoms with Gasteiger partial charge in [0, 0.05) is 38.7 Å². The van der Waals surface area contributed by atoms with Crippen molar-refractivity contribution in [1.82, 2.24) is 19.5 Å². The highest BCUT2D eigenvalue weighted by Gasteiger charge is 2.23. The van der Waals surface area contributed by atoms with Crippen LogP contribution in [-0.4, -0.2) is 19.5 Å². The Balaban J connectivity index is 1.05. The summed E-state index contributed by atoms with van der Waals surface area (Å²) < 4.78 is 9.12. The van der Waals surface area contributed by atoms with Crippen molar-refractivity contribution in [1.29, 1.82) is 0 Å². The fourth-order valence-corrected chi connectivity index (χ4v) is 8.23. The number of furan rings is 1. The van der Waals surface area contributed by atoms with Gasteiger partial charge in [-0.2, -0.15) is 0 Å². The average Bonchev–Trinajstić information content (AvgIpc) is 3.83. The highest BCUT2D eigenvalue weighted by molar-refractivity contribution is 6.18. The number of hydrogen-bond acceptors (Lipinski definition) is 4. The fraction of sp³-hybridized carbons (Fsp3) is 0.0392. The molecule has 0 N–H and O–H groups in total. The number of benzene rings is 7. The smallest absolute Gasteiger partial charge is 0.163 e. The third-order valence-electron chi connectivity index (χ3n) is 11.0. The molecule has 1 aliphatic carbocycles. The van der Waals surface area contributed by atoms with E-state index in [0.717, 1.165) is 67.3 Å². The lowest BCUT2D eigenvalue weighted by Gasteiger charge is -2.14. The molecule has 0 aliphatic heterocycles. The third kappa shape index (κ3) is 5.44. The lowest BCUT2D eigenvalue weighted by atomic mass is 9.97. The second kappa shape index (κ2) is 13.2. The quantitative estimate of drug-likeness (QED) is 0.172. The van der Waals surface area contributed by atoms with E-state index >= 15 is 0 Å². The molecule has 0 bridgehead atoms. The van der Waals surface area contributed by atoms with Crippen molar-refractivity contribution in [2.24, 2.45) is 0 Å². The molecule has 0 saturated heterocycles. The Bertz CT molecular complexity index is 3190. The minimum Gasteiger partial charge on any atom is -0.456 e. The molecule has 1 unspecified atom stereocenters. The molecule has 3 aromatic heterocycles. The summed E-state index contributed by atoms with van der Waals surface area (Å²) in [5.74, 6) is 1.94. The summed E-state index contributed by atoms with van der Waals surface area (Å²) in [6.45, 7) is 0. The van der Waals surface area contributed by atoms with Gasteiger partial charge in [0.25, 0.3) is 0 Å². The van der Waals surface area contributed by atoms with Crippen LogP contribution in [0.15, 0.2) is 180 Å². The molecular weight excluding hydrogens is 685 g/mol. The monoisotopic (exact) mass is 718 g/mol. The SMILES string of the molecule is C1=c2oc3ccc4c5ccccc5n(-c5ccc(-c6ccccc6)cc5)c4c3c2=CCC1c1nc(-c2ccccc2)nc(-c2ccc(-c3ccccc3)cc2)n1. The molecule has 56 heavy (non-hydrogen) atoms. The third-order valence-corrected chi connectivity index (χ3v) is 11.0. The number of fused-ring (bicyclic) bond motifs is 7. The van der Waals surface area contributed by atoms with Gasteiger partial charge < -0.3 is 8.98 Å². The molecule has 1 aliphatic rings. The first-order chi connectivity index (χ1) is 27.7. The first-order valence-corrected chi connectivity index (χ1v) is 19.0. The van der Waals surface area contributed by atoms with Crippen LogP contribution in [-0.2, 0) is 0 Å². The Morgan fingerprint density at radius 1 is 0.482 bits per heavy atom. The van der Waals surface area contributed by atoms with Crippen LogP contribution in [0, 0.1) is 0 Å². The molecule has 0 saturated carbocycles. The molecule has 5 heteroatoms. The number of hydrogen-bond donors (Lipinski definition) is 0. The highest BCUT2D eigenvalue weighted by Crippen LogP contribution is 2.37. The van der Waals surface area contributed by atoms with Crippen molar-refractivity contribution in [2.45, 2.75) is 12.3 Å². The van der Waals surface area contributed by atoms with Gasteiger partial charge in [0.1, 0.15) is 16.8 Å². The van der Waals surface area contributed by atoms with Gasteiger partial charge in [-0.3, -0.25) is 0 Å². The van der Waals surface area contributed by atoms with E-state index in [1.165, 1.54) is 27.5 Å². The lowest BCUT2D eigenvalue weighted by molar-refractivity contribution is 0.568. The van der Waals surface area contributed by atoms with Crippen LogP contribution in [0.4, 0.5) is 0 Å². The van der Waals surface area contributed by atoms with E-state index in [1.807, 2.05) is 24.3 Å². The fourth-order valence-electron chi connectivity index (χ4n) is 8.23. The maximum absolute atomic E-state index is 6.73. The van der Waals surface area contributed by atoms with Crippen molar-refractivity contribution < 1.29 is 4.42 Å². The Morgan fingerprint density at radius 2 is 1.02 bits per heavy atom. The van der Waals surface area contributed by atoms with Crippen molar-refractivity contribution >= 4 is 44.9 Å². The Hall–Kier alpha value is -7.37. The van der Waals surface area contributed by atoms with Crippen LogP contribution in [0.5, 0.6) is 0 Å². The predicted molar refractivity (Wildman–Crippen MR) is 228 cm³/mol. The van der Waals surface area contributed by atoms with Crippen molar-refractivity contribution in [3.05, 3.63) is 192 Å². The normalized spacial score (nSPS) is 13.8. The highest BCUT2D eigenvalue weighted by atomic mass is 16.3. The van der Waals surface area contributed by atoms with E-state index in [1.54, 1.807) is 0 Å². The molecule has 7 aromatic carbocycles. The van der Waals surface area contributed by atoms with Gasteiger partial charge in [-0.05, 0) is 65.1 Å². The van der Waals surface area contributed by atoms with Crippen molar-refractivity contribution in [3.8, 4) is 50.7 Å². The molecule has 0 fully saturated rings. The summed E-state index contributed by atoms with van der Waals surface area (Å²) in [6.07, 6.45) is 5.25. The summed E-state index contributed by atoms with van der Waals surface area (Å²) >= 11 is 0. The molecular formula is C51H34N4O. The van der Waals surface area contributed by atoms with Crippen molar-refractivity contribution in [3.63, 3.8) is 0 Å². The van der Waals surface area contributed by atoms with Crippen LogP contribution in [0.3, 0.4) is 0 Å². The molecule has 11 rings (SSSR count). The number of nitrogens with zero attached hydrogens (tertiary/aromatic N) is 4. The van der Waals surface area contributed by atoms with Gasteiger partial charge in [-0.25, -0.2) is 15.0 Å². The standard InChI is InChI=1S/C51H34N4O/c1-4-12-33(13-5-1)35-20-22-38(23-21-35)50-52-49(37-16-8-3-9-17-37)53-51(54-50)39-26-29-43-46(32-39)56-45-31-30-42-41-18-10-11-19-44(41)55(48(42)47(43)45)40-27-24-36(25-28-40)34-14-6-2-7-15-34/h1-25,27-32,39H,26H2. The van der Waals surface area contributed by atoms with E-state index in [2.05, 4.69) is 168 Å². The summed E-state index contributed by atoms with van der Waals surface area (Å²) in [5.41, 5.74) is 11.7. The molecule has 1 atom stereocenters. The topological polar surface area (TPSA) is 56.7 Å². The van der Waals surface area contributed by atoms with Gasteiger partial charge in [-0.15, -0.1) is 0 Å². The van der Waals surface area contributed by atoms with Crippen molar-refractivity contribution in [2.75, 3.05) is 0 Å². The largest absolute Gasteiger partial charge is 0.456 e. The second-order valence-electron chi connectivity index (χ2n) is 14.3. The Morgan fingerprint density at radius 3 is 1.68 bits per heavy atom. The number of rotatable bonds is 6. The van der Waals surface area contributed by atoms with Gasteiger partial charge in [0.05, 0.1) is 16.4 Å². The molecule has 5 nitrogen and oxygen atoms in total. The summed E-state index contributed by atoms with van der Waals surface area (Å²) in [5, 5.41) is 4.65. The molecule has 0 amide bonds. The van der Waals surface area contributed by atoms with E-state index in [-0.39, 0.29) is 5.92 Å². The molecule has 0 spiro atoms. The zero-order valence-electron chi connectivity index (χ0n) is 30.4. The van der Waals surface area contributed by atoms with Crippen LogP contribution in [0.2, 0.25) is 0 Å². The average molecular weight is 719 g/mol. The lowest BCUT2D eigenvalue weighted by Crippen LogP contribution is -2.26. The maximum Gasteiger partial charge on any atom is 0.163 e. The van der Waals surface area contributed by atoms with E-state index in [9.17, 15) is 0 Å². The van der Waals surface area contributed by atoms with Gasteiger partial charge in [0.15, 0.2) is 11.6 Å². The summed E-state index contributed by atoms with van der Waals surface area (Å²) in [6, 6.07) is 61.4. The minimum absolute atomic E-state index is 0.0947. The van der Waals surface area contributed by atoms with E-state index in [4.69, 9.17) is 19.4 Å². The maximum atomic E-state index is 6.73. The van der Waals surface area contributed by atoms with E-state index < -0.39 is 0 Å². The molecule has 3 heterocycles. The second-order valence-corrected chi connectivity index (χ2v) is 14.3. The molecule has 10 aromatic rings. The van der Waals surface area contributed by atoms with Gasteiger partial charge in [0.2, 0.25) is 0 Å². The first kappa shape index (κ1) is 32.1. The van der Waals surface area contributed by atoms with E-state index in [0.29, 0.717) is 11.6 Å². The zero-order valence-corrected chi connectivity index (χ0v) is 30.4. The van der Waals surface area contributed by atoms with Crippen LogP contribution >= 0.6 is 0 Å². The van der Waals surface area contributed by atoms with Crippen LogP contribution < -0.4 is 10.6 Å². The molecule has 0 radical (unpaired) electrons.